The monoisotopic (exact) mass is 298 g/mol. The van der Waals surface area contributed by atoms with Gasteiger partial charge in [-0.2, -0.15) is 4.98 Å². The summed E-state index contributed by atoms with van der Waals surface area (Å²) in [5.74, 6) is 0.467. The Morgan fingerprint density at radius 1 is 1.37 bits per heavy atom. The standard InChI is InChI=1S/C13H12Cl2N2O2/c14-8-1-4-12(11(15)5-8)19-13-17-10(7-18-13)6-16-9-2-3-9/h1,4-5,7,9,16H,2-3,6H2. The molecule has 1 aromatic carbocycles. The first kappa shape index (κ1) is 12.8. The van der Waals surface area contributed by atoms with Gasteiger partial charge in [0, 0.05) is 17.6 Å². The molecule has 1 aliphatic carbocycles. The van der Waals surface area contributed by atoms with Crippen molar-refractivity contribution in [3.05, 3.63) is 40.2 Å². The molecule has 0 saturated heterocycles. The van der Waals surface area contributed by atoms with Crippen molar-refractivity contribution in [3.8, 4) is 11.8 Å². The second kappa shape index (κ2) is 5.41. The fraction of sp³-hybridized carbons (Fsp3) is 0.308. The molecule has 6 heteroatoms. The van der Waals surface area contributed by atoms with Crippen molar-refractivity contribution in [1.82, 2.24) is 10.3 Å². The van der Waals surface area contributed by atoms with Crippen molar-refractivity contribution in [2.75, 3.05) is 0 Å². The maximum absolute atomic E-state index is 6.01. The van der Waals surface area contributed by atoms with Gasteiger partial charge in [0.2, 0.25) is 0 Å². The van der Waals surface area contributed by atoms with E-state index in [9.17, 15) is 0 Å². The molecule has 100 valence electrons. The average molecular weight is 299 g/mol. The van der Waals surface area contributed by atoms with Crippen LogP contribution in [0.3, 0.4) is 0 Å². The maximum atomic E-state index is 6.01. The Bertz CT molecular complexity index is 582. The third-order valence-corrected chi connectivity index (χ3v) is 3.30. The van der Waals surface area contributed by atoms with Gasteiger partial charge in [0.05, 0.1) is 10.7 Å². The topological polar surface area (TPSA) is 47.3 Å². The fourth-order valence-electron chi connectivity index (χ4n) is 1.60. The minimum Gasteiger partial charge on any atom is -0.417 e. The van der Waals surface area contributed by atoms with Crippen LogP contribution in [0.25, 0.3) is 0 Å². The molecule has 1 aliphatic rings. The van der Waals surface area contributed by atoms with Crippen molar-refractivity contribution < 1.29 is 9.15 Å². The summed E-state index contributed by atoms with van der Waals surface area (Å²) in [5.41, 5.74) is 0.812. The highest BCUT2D eigenvalue weighted by Crippen LogP contribution is 2.31. The van der Waals surface area contributed by atoms with E-state index in [1.807, 2.05) is 0 Å². The van der Waals surface area contributed by atoms with Crippen LogP contribution in [-0.2, 0) is 6.54 Å². The fourth-order valence-corrected chi connectivity index (χ4v) is 2.05. The number of ether oxygens (including phenoxy) is 1. The number of halogens is 2. The summed E-state index contributed by atoms with van der Waals surface area (Å²) < 4.78 is 10.7. The largest absolute Gasteiger partial charge is 0.417 e. The third-order valence-electron chi connectivity index (χ3n) is 2.77. The van der Waals surface area contributed by atoms with Gasteiger partial charge in [-0.15, -0.1) is 0 Å². The number of rotatable bonds is 5. The zero-order valence-corrected chi connectivity index (χ0v) is 11.5. The van der Waals surface area contributed by atoms with E-state index < -0.39 is 0 Å². The number of nitrogens with zero attached hydrogens (tertiary/aromatic N) is 1. The van der Waals surface area contributed by atoms with E-state index in [4.69, 9.17) is 32.4 Å². The zero-order chi connectivity index (χ0) is 13.2. The van der Waals surface area contributed by atoms with Crippen molar-refractivity contribution in [3.63, 3.8) is 0 Å². The number of benzene rings is 1. The first-order valence-electron chi connectivity index (χ1n) is 6.01. The second-order valence-corrected chi connectivity index (χ2v) is 5.28. The summed E-state index contributed by atoms with van der Waals surface area (Å²) in [6.07, 6.45) is 4.23. The van der Waals surface area contributed by atoms with E-state index in [1.165, 1.54) is 12.8 Å². The minimum absolute atomic E-state index is 0.178. The lowest BCUT2D eigenvalue weighted by Gasteiger charge is -2.03. The highest BCUT2D eigenvalue weighted by molar-refractivity contribution is 6.35. The van der Waals surface area contributed by atoms with Gasteiger partial charge in [-0.1, -0.05) is 23.2 Å². The molecule has 1 N–H and O–H groups in total. The number of oxazole rings is 1. The number of hydrogen-bond acceptors (Lipinski definition) is 4. The molecule has 0 atom stereocenters. The van der Waals surface area contributed by atoms with E-state index in [0.717, 1.165) is 5.69 Å². The summed E-state index contributed by atoms with van der Waals surface area (Å²) in [4.78, 5) is 4.23. The molecule has 2 aromatic rings. The van der Waals surface area contributed by atoms with Crippen LogP contribution in [0, 0.1) is 0 Å². The average Bonchev–Trinajstić information content (AvgIpc) is 3.10. The lowest BCUT2D eigenvalue weighted by Crippen LogP contribution is -2.15. The molecule has 1 saturated carbocycles. The predicted octanol–water partition coefficient (Wildman–Crippen LogP) is 4.03. The number of hydrogen-bond donors (Lipinski definition) is 1. The van der Waals surface area contributed by atoms with Crippen LogP contribution in [0.5, 0.6) is 11.8 Å². The molecule has 0 bridgehead atoms. The highest BCUT2D eigenvalue weighted by Gasteiger charge is 2.20. The lowest BCUT2D eigenvalue weighted by molar-refractivity contribution is 0.331. The molecule has 0 amide bonds. The number of nitrogens with one attached hydrogen (secondary N) is 1. The SMILES string of the molecule is Clc1ccc(Oc2nc(CNC3CC3)co2)c(Cl)c1. The van der Waals surface area contributed by atoms with Crippen LogP contribution in [0.4, 0.5) is 0 Å². The van der Waals surface area contributed by atoms with E-state index in [-0.39, 0.29) is 6.08 Å². The van der Waals surface area contributed by atoms with Gasteiger partial charge in [0.15, 0.2) is 5.75 Å². The molecule has 3 rings (SSSR count). The maximum Gasteiger partial charge on any atom is 0.399 e. The van der Waals surface area contributed by atoms with Crippen LogP contribution in [0.15, 0.2) is 28.9 Å². The molecule has 0 unspecified atom stereocenters. The Morgan fingerprint density at radius 2 is 2.21 bits per heavy atom. The second-order valence-electron chi connectivity index (χ2n) is 4.44. The molecule has 1 fully saturated rings. The molecule has 1 heterocycles. The van der Waals surface area contributed by atoms with Crippen LogP contribution in [-0.4, -0.2) is 11.0 Å². The Kier molecular flexibility index (Phi) is 3.64. The first-order valence-corrected chi connectivity index (χ1v) is 6.77. The Morgan fingerprint density at radius 3 is 2.95 bits per heavy atom. The molecular formula is C13H12Cl2N2O2. The van der Waals surface area contributed by atoms with Gasteiger partial charge < -0.3 is 14.5 Å². The summed E-state index contributed by atoms with van der Waals surface area (Å²) in [6, 6.07) is 5.61. The van der Waals surface area contributed by atoms with E-state index in [0.29, 0.717) is 28.4 Å². The van der Waals surface area contributed by atoms with Crippen molar-refractivity contribution in [1.29, 1.82) is 0 Å². The molecule has 0 aliphatic heterocycles. The Balaban J connectivity index is 1.65. The van der Waals surface area contributed by atoms with Crippen LogP contribution >= 0.6 is 23.2 Å². The van der Waals surface area contributed by atoms with Gasteiger partial charge in [0.25, 0.3) is 0 Å². The molecular weight excluding hydrogens is 287 g/mol. The zero-order valence-electron chi connectivity index (χ0n) is 10.0. The summed E-state index contributed by atoms with van der Waals surface area (Å²) in [6.45, 7) is 0.686. The van der Waals surface area contributed by atoms with Gasteiger partial charge >= 0.3 is 6.08 Å². The van der Waals surface area contributed by atoms with Crippen LogP contribution in [0.2, 0.25) is 10.0 Å². The molecule has 19 heavy (non-hydrogen) atoms. The van der Waals surface area contributed by atoms with Gasteiger partial charge in [-0.05, 0) is 31.0 Å². The van der Waals surface area contributed by atoms with E-state index >= 15 is 0 Å². The summed E-state index contributed by atoms with van der Waals surface area (Å²) in [7, 11) is 0. The first-order chi connectivity index (χ1) is 9.20. The molecule has 0 spiro atoms. The smallest absolute Gasteiger partial charge is 0.399 e. The minimum atomic E-state index is 0.178. The lowest BCUT2D eigenvalue weighted by atomic mass is 10.3. The third kappa shape index (κ3) is 3.41. The van der Waals surface area contributed by atoms with E-state index in [1.54, 1.807) is 24.5 Å². The predicted molar refractivity (Wildman–Crippen MR) is 72.9 cm³/mol. The van der Waals surface area contributed by atoms with Crippen molar-refractivity contribution in [2.24, 2.45) is 0 Å². The van der Waals surface area contributed by atoms with Gasteiger partial charge in [0.1, 0.15) is 6.26 Å². The van der Waals surface area contributed by atoms with Crippen LogP contribution in [0.1, 0.15) is 18.5 Å². The van der Waals surface area contributed by atoms with Gasteiger partial charge in [-0.3, -0.25) is 0 Å². The molecule has 4 nitrogen and oxygen atoms in total. The quantitative estimate of drug-likeness (QED) is 0.905. The normalized spacial score (nSPS) is 14.6. The van der Waals surface area contributed by atoms with Crippen molar-refractivity contribution in [2.45, 2.75) is 25.4 Å². The summed E-state index contributed by atoms with van der Waals surface area (Å²) >= 11 is 11.8. The highest BCUT2D eigenvalue weighted by atomic mass is 35.5. The van der Waals surface area contributed by atoms with Crippen LogP contribution < -0.4 is 10.1 Å². The Labute approximate surface area is 120 Å². The summed E-state index contributed by atoms with van der Waals surface area (Å²) in [5, 5.41) is 4.32. The molecule has 0 radical (unpaired) electrons. The van der Waals surface area contributed by atoms with Crippen molar-refractivity contribution >= 4 is 23.2 Å². The van der Waals surface area contributed by atoms with Gasteiger partial charge in [-0.25, -0.2) is 0 Å². The molecule has 1 aromatic heterocycles. The van der Waals surface area contributed by atoms with E-state index in [2.05, 4.69) is 10.3 Å². The number of aromatic nitrogens is 1. The Hall–Kier alpha value is -1.23.